The third-order valence-corrected chi connectivity index (χ3v) is 8.52. The van der Waals surface area contributed by atoms with E-state index in [-0.39, 0.29) is 19.8 Å². The van der Waals surface area contributed by atoms with Gasteiger partial charge in [0.25, 0.3) is 0 Å². The van der Waals surface area contributed by atoms with Crippen molar-refractivity contribution in [3.05, 3.63) is 90.0 Å². The van der Waals surface area contributed by atoms with Crippen LogP contribution >= 0.6 is 0 Å². The second-order valence-electron chi connectivity index (χ2n) is 11.3. The summed E-state index contributed by atoms with van der Waals surface area (Å²) in [5.41, 5.74) is 8.15. The van der Waals surface area contributed by atoms with E-state index in [1.165, 1.54) is 73.6 Å². The van der Waals surface area contributed by atoms with E-state index in [2.05, 4.69) is 62.9 Å². The van der Waals surface area contributed by atoms with Crippen LogP contribution in [-0.2, 0) is 22.6 Å². The van der Waals surface area contributed by atoms with Gasteiger partial charge in [-0.3, -0.25) is 0 Å². The van der Waals surface area contributed by atoms with Gasteiger partial charge >= 0.3 is 5.97 Å². The number of carbonyl (C=O) groups is 1. The number of esters is 1. The lowest BCUT2D eigenvalue weighted by atomic mass is 9.77. The van der Waals surface area contributed by atoms with Crippen LogP contribution in [-0.4, -0.2) is 24.3 Å². The van der Waals surface area contributed by atoms with Crippen molar-refractivity contribution in [3.8, 4) is 28.0 Å². The van der Waals surface area contributed by atoms with Gasteiger partial charge in [0, 0.05) is 11.6 Å². The van der Waals surface area contributed by atoms with E-state index < -0.39 is 5.97 Å². The highest BCUT2D eigenvalue weighted by Crippen LogP contribution is 2.39. The molecule has 0 aliphatic heterocycles. The average Bonchev–Trinajstić information content (AvgIpc) is 3.03. The molecule has 0 amide bonds. The number of benzene rings is 3. The lowest BCUT2D eigenvalue weighted by Gasteiger charge is -2.29. The zero-order valence-electron chi connectivity index (χ0n) is 24.9. The third kappa shape index (κ3) is 8.33. The maximum atomic E-state index is 11.7. The monoisotopic (exact) mass is 554 g/mol. The molecule has 0 atom stereocenters. The molecule has 3 aromatic rings. The highest BCUT2D eigenvalue weighted by atomic mass is 16.5. The van der Waals surface area contributed by atoms with Crippen molar-refractivity contribution >= 4 is 5.97 Å². The first kappa shape index (κ1) is 30.6. The van der Waals surface area contributed by atoms with E-state index in [1.807, 2.05) is 18.2 Å². The van der Waals surface area contributed by atoms with E-state index in [0.29, 0.717) is 11.7 Å². The van der Waals surface area contributed by atoms with Gasteiger partial charge in [0.1, 0.15) is 19.0 Å². The largest absolute Gasteiger partial charge is 0.491 e. The van der Waals surface area contributed by atoms with Crippen molar-refractivity contribution in [2.24, 2.45) is 5.92 Å². The van der Waals surface area contributed by atoms with Crippen LogP contribution in [0, 0.1) is 5.92 Å². The molecule has 0 radical (unpaired) electrons. The smallest absolute Gasteiger partial charge is 0.330 e. The van der Waals surface area contributed by atoms with E-state index in [0.717, 1.165) is 35.1 Å². The van der Waals surface area contributed by atoms with Crippen LogP contribution in [0.25, 0.3) is 22.3 Å². The first-order valence-electron chi connectivity index (χ1n) is 15.5. The Kier molecular flexibility index (Phi) is 11.6. The highest BCUT2D eigenvalue weighted by Gasteiger charge is 2.22. The molecule has 1 aliphatic carbocycles. The van der Waals surface area contributed by atoms with Crippen LogP contribution in [0.1, 0.15) is 87.8 Å². The second-order valence-corrected chi connectivity index (χ2v) is 11.3. The molecular formula is C37H46O4. The molecular weight excluding hydrogens is 508 g/mol. The van der Waals surface area contributed by atoms with Gasteiger partial charge in [0.05, 0.1) is 6.61 Å². The summed E-state index contributed by atoms with van der Waals surface area (Å²) in [5.74, 6) is 1.75. The SMILES string of the molecule is C=CC(=O)OCc1cc(-c2ccc(-c3ccc(C4CCC(CCCCC)CC4)cc3)cc2CC)ccc1OCCO. The third-order valence-electron chi connectivity index (χ3n) is 8.52. The Morgan fingerprint density at radius 3 is 2.29 bits per heavy atom. The number of aliphatic hydroxyl groups excluding tert-OH is 1. The second kappa shape index (κ2) is 15.6. The van der Waals surface area contributed by atoms with Crippen LogP contribution in [0.15, 0.2) is 73.3 Å². The Bertz CT molecular complexity index is 1270. The minimum absolute atomic E-state index is 0.0753. The molecule has 218 valence electrons. The summed E-state index contributed by atoms with van der Waals surface area (Å²) in [6.07, 6.45) is 13.0. The molecule has 0 aromatic heterocycles. The van der Waals surface area contributed by atoms with Crippen molar-refractivity contribution in [2.75, 3.05) is 13.2 Å². The number of hydrogen-bond acceptors (Lipinski definition) is 4. The van der Waals surface area contributed by atoms with Crippen molar-refractivity contribution in [2.45, 2.75) is 84.2 Å². The number of rotatable bonds is 14. The first-order valence-corrected chi connectivity index (χ1v) is 15.5. The van der Waals surface area contributed by atoms with Gasteiger partial charge in [-0.25, -0.2) is 4.79 Å². The van der Waals surface area contributed by atoms with E-state index >= 15 is 0 Å². The Balaban J connectivity index is 1.48. The minimum Gasteiger partial charge on any atom is -0.491 e. The summed E-state index contributed by atoms with van der Waals surface area (Å²) in [6, 6.07) is 21.8. The summed E-state index contributed by atoms with van der Waals surface area (Å²) in [4.78, 5) is 11.7. The van der Waals surface area contributed by atoms with Gasteiger partial charge in [-0.2, -0.15) is 0 Å². The lowest BCUT2D eigenvalue weighted by molar-refractivity contribution is -0.139. The number of aliphatic hydroxyl groups is 1. The minimum atomic E-state index is -0.483. The lowest BCUT2D eigenvalue weighted by Crippen LogP contribution is -2.13. The zero-order chi connectivity index (χ0) is 29.0. The van der Waals surface area contributed by atoms with Crippen LogP contribution in [0.3, 0.4) is 0 Å². The predicted octanol–water partition coefficient (Wildman–Crippen LogP) is 9.04. The Hall–Kier alpha value is -3.37. The van der Waals surface area contributed by atoms with Gasteiger partial charge in [0.15, 0.2) is 0 Å². The Morgan fingerprint density at radius 2 is 1.61 bits per heavy atom. The average molecular weight is 555 g/mol. The van der Waals surface area contributed by atoms with E-state index in [1.54, 1.807) is 0 Å². The van der Waals surface area contributed by atoms with Crippen LogP contribution in [0.2, 0.25) is 0 Å². The van der Waals surface area contributed by atoms with Crippen molar-refractivity contribution in [1.82, 2.24) is 0 Å². The van der Waals surface area contributed by atoms with Gasteiger partial charge in [-0.1, -0.05) is 94.6 Å². The van der Waals surface area contributed by atoms with Gasteiger partial charge in [0.2, 0.25) is 0 Å². The molecule has 4 rings (SSSR count). The number of carbonyl (C=O) groups excluding carboxylic acids is 1. The summed E-state index contributed by atoms with van der Waals surface area (Å²) in [7, 11) is 0. The van der Waals surface area contributed by atoms with Crippen LogP contribution in [0.4, 0.5) is 0 Å². The van der Waals surface area contributed by atoms with Crippen LogP contribution < -0.4 is 4.74 Å². The standard InChI is InChI=1S/C37H46O4/c1-4-7-8-9-27-10-12-29(13-11-27)30-14-16-31(17-15-30)32-18-20-35(28(5-2)24-32)33-19-21-36(40-23-22-38)34(25-33)26-41-37(39)6-3/h6,14-21,24-25,27,29,38H,3-5,7-13,22-23,26H2,1-2H3. The molecule has 3 aromatic carbocycles. The summed E-state index contributed by atoms with van der Waals surface area (Å²) in [6.45, 7) is 8.10. The topological polar surface area (TPSA) is 55.8 Å². The molecule has 0 saturated heterocycles. The van der Waals surface area contributed by atoms with Crippen molar-refractivity contribution in [1.29, 1.82) is 0 Å². The number of ether oxygens (including phenoxy) is 2. The zero-order valence-corrected chi connectivity index (χ0v) is 24.9. The fourth-order valence-electron chi connectivity index (χ4n) is 6.13. The fraction of sp³-hybridized carbons (Fsp3) is 0.432. The molecule has 4 nitrogen and oxygen atoms in total. The Labute approximate surface area is 246 Å². The van der Waals surface area contributed by atoms with Gasteiger partial charge in [-0.05, 0) is 89.5 Å². The van der Waals surface area contributed by atoms with Gasteiger partial charge < -0.3 is 14.6 Å². The molecule has 1 aliphatic rings. The predicted molar refractivity (Wildman–Crippen MR) is 168 cm³/mol. The van der Waals surface area contributed by atoms with E-state index in [9.17, 15) is 9.90 Å². The molecule has 0 spiro atoms. The van der Waals surface area contributed by atoms with Crippen molar-refractivity contribution < 1.29 is 19.4 Å². The molecule has 0 heterocycles. The number of hydrogen-bond donors (Lipinski definition) is 1. The quantitative estimate of drug-likeness (QED) is 0.123. The molecule has 1 saturated carbocycles. The Morgan fingerprint density at radius 1 is 0.902 bits per heavy atom. The molecule has 0 unspecified atom stereocenters. The van der Waals surface area contributed by atoms with E-state index in [4.69, 9.17) is 9.47 Å². The normalized spacial score (nSPS) is 16.8. The maximum Gasteiger partial charge on any atom is 0.330 e. The summed E-state index contributed by atoms with van der Waals surface area (Å²) in [5, 5.41) is 9.20. The summed E-state index contributed by atoms with van der Waals surface area (Å²) >= 11 is 0. The number of aryl methyl sites for hydroxylation is 1. The van der Waals surface area contributed by atoms with Gasteiger partial charge in [-0.15, -0.1) is 0 Å². The summed E-state index contributed by atoms with van der Waals surface area (Å²) < 4.78 is 11.0. The molecule has 41 heavy (non-hydrogen) atoms. The molecule has 4 heteroatoms. The first-order chi connectivity index (χ1) is 20.1. The molecule has 1 N–H and O–H groups in total. The van der Waals surface area contributed by atoms with Crippen molar-refractivity contribution in [3.63, 3.8) is 0 Å². The molecule has 1 fully saturated rings. The number of unbranched alkanes of at least 4 members (excludes halogenated alkanes) is 2. The fourth-order valence-corrected chi connectivity index (χ4v) is 6.13. The van der Waals surface area contributed by atoms with Crippen LogP contribution in [0.5, 0.6) is 5.75 Å². The highest BCUT2D eigenvalue weighted by molar-refractivity contribution is 5.81. The molecule has 0 bridgehead atoms. The maximum absolute atomic E-state index is 11.7.